The molecule has 1 aliphatic rings. The van der Waals surface area contributed by atoms with Crippen LogP contribution in [0.2, 0.25) is 0 Å². The second-order valence-corrected chi connectivity index (χ2v) is 6.94. The van der Waals surface area contributed by atoms with Gasteiger partial charge in [-0.25, -0.2) is 4.98 Å². The van der Waals surface area contributed by atoms with Gasteiger partial charge in [-0.05, 0) is 35.9 Å². The molecule has 1 aromatic heterocycles. The Morgan fingerprint density at radius 3 is 2.76 bits per heavy atom. The molecule has 0 unspecified atom stereocenters. The topological polar surface area (TPSA) is 103 Å². The number of nitrogens with one attached hydrogen (secondary N) is 2. The maximum atomic E-state index is 11.9. The van der Waals surface area contributed by atoms with E-state index in [9.17, 15) is 9.59 Å². The average molecular weight is 411 g/mol. The molecule has 0 aliphatic carbocycles. The molecule has 1 aliphatic heterocycles. The average Bonchev–Trinajstić information content (AvgIpc) is 3.17. The van der Waals surface area contributed by atoms with Crippen LogP contribution >= 0.6 is 11.8 Å². The predicted molar refractivity (Wildman–Crippen MR) is 107 cm³/mol. The molecule has 9 heteroatoms. The number of thioether (sulfide) groups is 1. The van der Waals surface area contributed by atoms with E-state index < -0.39 is 5.91 Å². The van der Waals surface area contributed by atoms with Crippen molar-refractivity contribution in [1.29, 1.82) is 0 Å². The Kier molecular flexibility index (Phi) is 5.66. The molecule has 8 nitrogen and oxygen atoms in total. The van der Waals surface area contributed by atoms with Crippen molar-refractivity contribution in [1.82, 2.24) is 15.8 Å². The molecule has 29 heavy (non-hydrogen) atoms. The summed E-state index contributed by atoms with van der Waals surface area (Å²) in [7, 11) is 0. The number of nitrogens with zero attached hydrogens (tertiary/aromatic N) is 1. The summed E-state index contributed by atoms with van der Waals surface area (Å²) in [5, 5.41) is 0.395. The summed E-state index contributed by atoms with van der Waals surface area (Å²) in [6.45, 7) is 1.02. The molecule has 2 heterocycles. The summed E-state index contributed by atoms with van der Waals surface area (Å²) < 4.78 is 16.5. The molecule has 0 bridgehead atoms. The summed E-state index contributed by atoms with van der Waals surface area (Å²) in [5.41, 5.74) is 6.85. The summed E-state index contributed by atoms with van der Waals surface area (Å²) in [5.74, 6) is 0.544. The number of aromatic nitrogens is 1. The molecule has 0 atom stereocenters. The van der Waals surface area contributed by atoms with E-state index in [0.717, 1.165) is 22.8 Å². The largest absolute Gasteiger partial charge is 0.486 e. The second kappa shape index (κ2) is 8.70. The van der Waals surface area contributed by atoms with E-state index in [-0.39, 0.29) is 11.7 Å². The number of benzene rings is 2. The monoisotopic (exact) mass is 411 g/mol. The van der Waals surface area contributed by atoms with Crippen molar-refractivity contribution in [3.05, 3.63) is 54.1 Å². The highest BCUT2D eigenvalue weighted by Gasteiger charge is 2.11. The SMILES string of the molecule is O=C(/C=C/c1ccc2c(c1)OCCO2)NNC(=O)CSc1nc2ccccc2o1. The Hall–Kier alpha value is -3.46. The van der Waals surface area contributed by atoms with Gasteiger partial charge in [0, 0.05) is 6.08 Å². The van der Waals surface area contributed by atoms with E-state index in [0.29, 0.717) is 35.5 Å². The van der Waals surface area contributed by atoms with Crippen LogP contribution in [0.25, 0.3) is 17.2 Å². The minimum Gasteiger partial charge on any atom is -0.486 e. The Labute approximate surface area is 170 Å². The number of carbonyl (C=O) groups excluding carboxylic acids is 2. The smallest absolute Gasteiger partial charge is 0.262 e. The lowest BCUT2D eigenvalue weighted by Gasteiger charge is -2.18. The zero-order valence-electron chi connectivity index (χ0n) is 15.2. The lowest BCUT2D eigenvalue weighted by molar-refractivity contribution is -0.125. The van der Waals surface area contributed by atoms with Gasteiger partial charge in [0.25, 0.3) is 11.1 Å². The van der Waals surface area contributed by atoms with Crippen LogP contribution in [-0.4, -0.2) is 35.8 Å². The second-order valence-electron chi connectivity index (χ2n) is 6.01. The minimum atomic E-state index is -0.458. The molecule has 3 aromatic rings. The molecule has 0 saturated heterocycles. The first-order valence-electron chi connectivity index (χ1n) is 8.82. The number of hydrogen-bond acceptors (Lipinski definition) is 7. The van der Waals surface area contributed by atoms with Gasteiger partial charge in [-0.3, -0.25) is 20.4 Å². The van der Waals surface area contributed by atoms with Gasteiger partial charge in [0.2, 0.25) is 5.91 Å². The van der Waals surface area contributed by atoms with Crippen molar-refractivity contribution >= 4 is 40.8 Å². The van der Waals surface area contributed by atoms with E-state index in [2.05, 4.69) is 15.8 Å². The Morgan fingerprint density at radius 1 is 1.07 bits per heavy atom. The molecule has 2 aromatic carbocycles. The predicted octanol–water partition coefficient (Wildman–Crippen LogP) is 2.55. The molecular weight excluding hydrogens is 394 g/mol. The third-order valence-electron chi connectivity index (χ3n) is 3.92. The zero-order chi connectivity index (χ0) is 20.1. The number of para-hydroxylation sites is 2. The van der Waals surface area contributed by atoms with E-state index in [1.165, 1.54) is 6.08 Å². The summed E-state index contributed by atoms with van der Waals surface area (Å²) >= 11 is 1.14. The van der Waals surface area contributed by atoms with Gasteiger partial charge in [-0.2, -0.15) is 0 Å². The molecule has 2 amide bonds. The zero-order valence-corrected chi connectivity index (χ0v) is 16.0. The summed E-state index contributed by atoms with van der Waals surface area (Å²) in [4.78, 5) is 28.1. The van der Waals surface area contributed by atoms with Crippen molar-refractivity contribution in [2.24, 2.45) is 0 Å². The van der Waals surface area contributed by atoms with Crippen LogP contribution in [0.5, 0.6) is 11.5 Å². The third kappa shape index (κ3) is 4.88. The summed E-state index contributed by atoms with van der Waals surface area (Å²) in [6, 6.07) is 12.7. The van der Waals surface area contributed by atoms with E-state index >= 15 is 0 Å². The Bertz CT molecular complexity index is 1050. The van der Waals surface area contributed by atoms with Gasteiger partial charge in [0.15, 0.2) is 17.1 Å². The van der Waals surface area contributed by atoms with Crippen molar-refractivity contribution in [3.8, 4) is 11.5 Å². The highest BCUT2D eigenvalue weighted by molar-refractivity contribution is 7.99. The summed E-state index contributed by atoms with van der Waals surface area (Å²) in [6.07, 6.45) is 2.94. The standard InChI is InChI=1S/C20H17N3O5S/c24-18(8-6-13-5-7-16-17(11-13)27-10-9-26-16)22-23-19(25)12-29-20-21-14-3-1-2-4-15(14)28-20/h1-8,11H,9-10,12H2,(H,22,24)(H,23,25)/b8-6+. The van der Waals surface area contributed by atoms with Gasteiger partial charge < -0.3 is 13.9 Å². The normalized spacial score (nSPS) is 12.8. The van der Waals surface area contributed by atoms with Crippen LogP contribution in [0.15, 0.2) is 58.2 Å². The Balaban J connectivity index is 1.23. The van der Waals surface area contributed by atoms with Crippen LogP contribution in [0, 0.1) is 0 Å². The van der Waals surface area contributed by atoms with Crippen molar-refractivity contribution in [2.75, 3.05) is 19.0 Å². The quantitative estimate of drug-likeness (QED) is 0.378. The number of amides is 2. The van der Waals surface area contributed by atoms with Gasteiger partial charge in [-0.1, -0.05) is 30.0 Å². The Morgan fingerprint density at radius 2 is 1.90 bits per heavy atom. The number of hydrazine groups is 1. The fourth-order valence-electron chi connectivity index (χ4n) is 2.58. The molecule has 148 valence electrons. The number of oxazole rings is 1. The first-order chi connectivity index (χ1) is 14.2. The van der Waals surface area contributed by atoms with Crippen LogP contribution in [0.3, 0.4) is 0 Å². The highest BCUT2D eigenvalue weighted by atomic mass is 32.2. The molecule has 0 saturated carbocycles. The maximum Gasteiger partial charge on any atom is 0.262 e. The number of carbonyl (C=O) groups is 2. The third-order valence-corrected chi connectivity index (χ3v) is 4.75. The highest BCUT2D eigenvalue weighted by Crippen LogP contribution is 2.31. The first kappa shape index (κ1) is 18.9. The van der Waals surface area contributed by atoms with Crippen LogP contribution < -0.4 is 20.3 Å². The van der Waals surface area contributed by atoms with Crippen LogP contribution in [-0.2, 0) is 9.59 Å². The van der Waals surface area contributed by atoms with E-state index in [4.69, 9.17) is 13.9 Å². The molecule has 4 rings (SSSR count). The number of rotatable bonds is 5. The molecule has 2 N–H and O–H groups in total. The minimum absolute atomic E-state index is 0.0545. The van der Waals surface area contributed by atoms with Gasteiger partial charge >= 0.3 is 0 Å². The van der Waals surface area contributed by atoms with Gasteiger partial charge in [0.05, 0.1) is 5.75 Å². The molecule has 0 spiro atoms. The number of ether oxygens (including phenoxy) is 2. The molecule has 0 radical (unpaired) electrons. The fourth-order valence-corrected chi connectivity index (χ4v) is 3.22. The van der Waals surface area contributed by atoms with Crippen LogP contribution in [0.4, 0.5) is 0 Å². The molecule has 0 fully saturated rings. The van der Waals surface area contributed by atoms with Crippen molar-refractivity contribution in [2.45, 2.75) is 5.22 Å². The van der Waals surface area contributed by atoms with Crippen molar-refractivity contribution in [3.63, 3.8) is 0 Å². The first-order valence-corrected chi connectivity index (χ1v) is 9.81. The van der Waals surface area contributed by atoms with Crippen LogP contribution in [0.1, 0.15) is 5.56 Å². The lowest BCUT2D eigenvalue weighted by Crippen LogP contribution is -2.41. The molecular formula is C20H17N3O5S. The van der Waals surface area contributed by atoms with Gasteiger partial charge in [-0.15, -0.1) is 0 Å². The van der Waals surface area contributed by atoms with E-state index in [1.807, 2.05) is 24.3 Å². The van der Waals surface area contributed by atoms with Crippen molar-refractivity contribution < 1.29 is 23.5 Å². The fraction of sp³-hybridized carbons (Fsp3) is 0.150. The van der Waals surface area contributed by atoms with E-state index in [1.54, 1.807) is 24.3 Å². The van der Waals surface area contributed by atoms with Gasteiger partial charge in [0.1, 0.15) is 18.7 Å². The number of hydrogen-bond donors (Lipinski definition) is 2. The number of fused-ring (bicyclic) bond motifs is 2. The maximum absolute atomic E-state index is 11.9. The lowest BCUT2D eigenvalue weighted by atomic mass is 10.2.